The summed E-state index contributed by atoms with van der Waals surface area (Å²) >= 11 is 0. The standard InChI is InChI=1S/C14H17N2P/c15-9-4-11-17(12-5-10-16)13-8-14-6-2-1-3-7-14/h1-3,6-7H,4-5,8,11-13H2. The zero-order chi connectivity index (χ0) is 12.3. The molecule has 1 aromatic carbocycles. The summed E-state index contributed by atoms with van der Waals surface area (Å²) in [4.78, 5) is 0. The fourth-order valence-corrected chi connectivity index (χ4v) is 3.76. The quantitative estimate of drug-likeness (QED) is 0.689. The van der Waals surface area contributed by atoms with Crippen molar-refractivity contribution >= 4 is 7.92 Å². The molecule has 3 heteroatoms. The molecule has 2 nitrogen and oxygen atoms in total. The van der Waals surface area contributed by atoms with E-state index in [-0.39, 0.29) is 7.92 Å². The molecule has 0 aliphatic heterocycles. The van der Waals surface area contributed by atoms with Crippen molar-refractivity contribution in [2.75, 3.05) is 18.5 Å². The van der Waals surface area contributed by atoms with Gasteiger partial charge in [-0.25, -0.2) is 0 Å². The average molecular weight is 244 g/mol. The summed E-state index contributed by atoms with van der Waals surface area (Å²) in [5.41, 5.74) is 1.36. The minimum atomic E-state index is -0.141. The van der Waals surface area contributed by atoms with Crippen LogP contribution in [0.25, 0.3) is 0 Å². The topological polar surface area (TPSA) is 47.6 Å². The molecule has 0 heterocycles. The van der Waals surface area contributed by atoms with E-state index in [0.29, 0.717) is 12.8 Å². The third kappa shape index (κ3) is 6.06. The van der Waals surface area contributed by atoms with E-state index in [1.807, 2.05) is 6.07 Å². The molecule has 0 aliphatic rings. The fraction of sp³-hybridized carbons (Fsp3) is 0.429. The molecule has 0 spiro atoms. The molecule has 0 saturated carbocycles. The first-order valence-corrected chi connectivity index (χ1v) is 7.76. The molecule has 0 unspecified atom stereocenters. The molecular weight excluding hydrogens is 227 g/mol. The van der Waals surface area contributed by atoms with Crippen molar-refractivity contribution < 1.29 is 0 Å². The lowest BCUT2D eigenvalue weighted by Crippen LogP contribution is -1.98. The van der Waals surface area contributed by atoms with Crippen LogP contribution in [0, 0.1) is 22.7 Å². The number of hydrogen-bond acceptors (Lipinski definition) is 2. The van der Waals surface area contributed by atoms with Gasteiger partial charge in [0.25, 0.3) is 0 Å². The van der Waals surface area contributed by atoms with Gasteiger partial charge in [0.15, 0.2) is 0 Å². The van der Waals surface area contributed by atoms with E-state index in [0.717, 1.165) is 24.9 Å². The van der Waals surface area contributed by atoms with Gasteiger partial charge < -0.3 is 0 Å². The van der Waals surface area contributed by atoms with Gasteiger partial charge >= 0.3 is 0 Å². The van der Waals surface area contributed by atoms with E-state index in [1.54, 1.807) is 0 Å². The summed E-state index contributed by atoms with van der Waals surface area (Å²) in [5.74, 6) is 0. The van der Waals surface area contributed by atoms with Crippen molar-refractivity contribution in [2.24, 2.45) is 0 Å². The molecule has 17 heavy (non-hydrogen) atoms. The van der Waals surface area contributed by atoms with Gasteiger partial charge in [0.05, 0.1) is 12.1 Å². The zero-order valence-corrected chi connectivity index (χ0v) is 10.9. The summed E-state index contributed by atoms with van der Waals surface area (Å²) in [6, 6.07) is 14.8. The fourth-order valence-electron chi connectivity index (χ4n) is 1.68. The Labute approximate surface area is 105 Å². The number of aryl methyl sites for hydroxylation is 1. The highest BCUT2D eigenvalue weighted by Crippen LogP contribution is 2.37. The Morgan fingerprint density at radius 3 is 2.00 bits per heavy atom. The Bertz CT molecular complexity index is 371. The SMILES string of the molecule is N#CCCP(CCC#N)CCc1ccccc1. The maximum absolute atomic E-state index is 8.62. The number of hydrogen-bond donors (Lipinski definition) is 0. The van der Waals surface area contributed by atoms with Crippen molar-refractivity contribution in [2.45, 2.75) is 19.3 Å². The molecule has 0 fully saturated rings. The Morgan fingerprint density at radius 1 is 0.882 bits per heavy atom. The van der Waals surface area contributed by atoms with Crippen molar-refractivity contribution in [3.63, 3.8) is 0 Å². The number of benzene rings is 1. The van der Waals surface area contributed by atoms with E-state index < -0.39 is 0 Å². The molecule has 0 aliphatic carbocycles. The molecule has 1 rings (SSSR count). The number of nitrogens with zero attached hydrogens (tertiary/aromatic N) is 2. The second-order valence-corrected chi connectivity index (χ2v) is 6.58. The van der Waals surface area contributed by atoms with Crippen LogP contribution in [0.1, 0.15) is 18.4 Å². The van der Waals surface area contributed by atoms with Crippen molar-refractivity contribution in [1.29, 1.82) is 10.5 Å². The van der Waals surface area contributed by atoms with Crippen molar-refractivity contribution in [3.8, 4) is 12.1 Å². The van der Waals surface area contributed by atoms with Gasteiger partial charge in [-0.3, -0.25) is 0 Å². The van der Waals surface area contributed by atoms with Crippen molar-refractivity contribution in [1.82, 2.24) is 0 Å². The van der Waals surface area contributed by atoms with Crippen LogP contribution in [0.2, 0.25) is 0 Å². The van der Waals surface area contributed by atoms with Crippen molar-refractivity contribution in [3.05, 3.63) is 35.9 Å². The van der Waals surface area contributed by atoms with Crippen LogP contribution in [-0.2, 0) is 6.42 Å². The molecule has 88 valence electrons. The second kappa shape index (κ2) is 8.74. The Hall–Kier alpha value is -1.37. The largest absolute Gasteiger partial charge is 0.198 e. The number of rotatable bonds is 7. The van der Waals surface area contributed by atoms with E-state index in [2.05, 4.69) is 36.4 Å². The highest BCUT2D eigenvalue weighted by atomic mass is 31.1. The molecule has 1 aromatic rings. The third-order valence-electron chi connectivity index (χ3n) is 2.64. The lowest BCUT2D eigenvalue weighted by atomic mass is 10.2. The normalized spacial score (nSPS) is 9.82. The van der Waals surface area contributed by atoms with Gasteiger partial charge in [-0.15, -0.1) is 7.92 Å². The van der Waals surface area contributed by atoms with Crippen LogP contribution >= 0.6 is 7.92 Å². The lowest BCUT2D eigenvalue weighted by molar-refractivity contribution is 1.10. The third-order valence-corrected chi connectivity index (χ3v) is 5.21. The zero-order valence-electron chi connectivity index (χ0n) is 9.97. The monoisotopic (exact) mass is 244 g/mol. The molecule has 0 aromatic heterocycles. The molecule has 0 N–H and O–H groups in total. The van der Waals surface area contributed by atoms with Crippen LogP contribution in [0.3, 0.4) is 0 Å². The van der Waals surface area contributed by atoms with Crippen LogP contribution in [0.15, 0.2) is 30.3 Å². The summed E-state index contributed by atoms with van der Waals surface area (Å²) in [5, 5.41) is 17.2. The van der Waals surface area contributed by atoms with E-state index in [9.17, 15) is 0 Å². The molecule has 0 amide bonds. The predicted octanol–water partition coefficient (Wildman–Crippen LogP) is 3.54. The molecule has 0 atom stereocenters. The second-order valence-electron chi connectivity index (χ2n) is 3.89. The van der Waals surface area contributed by atoms with Gasteiger partial charge in [-0.1, -0.05) is 30.3 Å². The van der Waals surface area contributed by atoms with Crippen LogP contribution in [0.5, 0.6) is 0 Å². The highest BCUT2D eigenvalue weighted by Gasteiger charge is 2.07. The molecule has 0 bridgehead atoms. The summed E-state index contributed by atoms with van der Waals surface area (Å²) < 4.78 is 0. The minimum absolute atomic E-state index is 0.141. The van der Waals surface area contributed by atoms with Gasteiger partial charge in [-0.2, -0.15) is 10.5 Å². The van der Waals surface area contributed by atoms with Crippen LogP contribution in [-0.4, -0.2) is 18.5 Å². The van der Waals surface area contributed by atoms with Crippen LogP contribution < -0.4 is 0 Å². The van der Waals surface area contributed by atoms with Gasteiger partial charge in [0.1, 0.15) is 0 Å². The smallest absolute Gasteiger partial charge is 0.0625 e. The Morgan fingerprint density at radius 2 is 1.47 bits per heavy atom. The van der Waals surface area contributed by atoms with E-state index in [4.69, 9.17) is 10.5 Å². The maximum Gasteiger partial charge on any atom is 0.0625 e. The van der Waals surface area contributed by atoms with Gasteiger partial charge in [0.2, 0.25) is 0 Å². The summed E-state index contributed by atoms with van der Waals surface area (Å²) in [7, 11) is -0.141. The predicted molar refractivity (Wildman–Crippen MR) is 72.1 cm³/mol. The molecular formula is C14H17N2P. The van der Waals surface area contributed by atoms with E-state index >= 15 is 0 Å². The van der Waals surface area contributed by atoms with Gasteiger partial charge in [-0.05, 0) is 30.5 Å². The summed E-state index contributed by atoms with van der Waals surface area (Å²) in [6.45, 7) is 0. The maximum atomic E-state index is 8.62. The lowest BCUT2D eigenvalue weighted by Gasteiger charge is -2.14. The van der Waals surface area contributed by atoms with E-state index in [1.165, 1.54) is 5.56 Å². The molecule has 0 radical (unpaired) electrons. The Balaban J connectivity index is 2.38. The van der Waals surface area contributed by atoms with Gasteiger partial charge in [0, 0.05) is 12.8 Å². The van der Waals surface area contributed by atoms with Crippen LogP contribution in [0.4, 0.5) is 0 Å². The highest BCUT2D eigenvalue weighted by molar-refractivity contribution is 7.57. The first-order valence-electron chi connectivity index (χ1n) is 5.87. The summed E-state index contributed by atoms with van der Waals surface area (Å²) in [6.07, 6.45) is 5.45. The first-order chi connectivity index (χ1) is 8.36. The Kier molecular flexibility index (Phi) is 7.04. The first kappa shape index (κ1) is 13.7. The molecule has 0 saturated heterocycles. The minimum Gasteiger partial charge on any atom is -0.198 e. The number of nitriles is 2. The average Bonchev–Trinajstić information content (AvgIpc) is 2.39.